The van der Waals surface area contributed by atoms with Gasteiger partial charge in [0, 0.05) is 29.6 Å². The second-order valence-corrected chi connectivity index (χ2v) is 7.74. The Bertz CT molecular complexity index is 708. The summed E-state index contributed by atoms with van der Waals surface area (Å²) in [6.07, 6.45) is 4.64. The fourth-order valence-corrected chi connectivity index (χ4v) is 4.30. The molecule has 0 spiro atoms. The van der Waals surface area contributed by atoms with Crippen molar-refractivity contribution in [1.29, 1.82) is 0 Å². The van der Waals surface area contributed by atoms with Crippen molar-refractivity contribution in [3.8, 4) is 10.6 Å². The summed E-state index contributed by atoms with van der Waals surface area (Å²) in [7, 11) is 0. The first-order chi connectivity index (χ1) is 12.1. The van der Waals surface area contributed by atoms with Crippen molar-refractivity contribution in [3.63, 3.8) is 0 Å². The minimum Gasteiger partial charge on any atom is -0.338 e. The minimum absolute atomic E-state index is 0.0207. The van der Waals surface area contributed by atoms with Crippen LogP contribution < -0.4 is 5.73 Å². The molecule has 25 heavy (non-hydrogen) atoms. The molecule has 0 saturated carbocycles. The normalized spacial score (nSPS) is 19.0. The van der Waals surface area contributed by atoms with Crippen molar-refractivity contribution < 1.29 is 4.79 Å². The van der Waals surface area contributed by atoms with Gasteiger partial charge in [0.25, 0.3) is 0 Å². The molecule has 3 rings (SSSR count). The highest BCUT2D eigenvalue weighted by Crippen LogP contribution is 2.25. The van der Waals surface area contributed by atoms with Crippen LogP contribution >= 0.6 is 11.3 Å². The number of benzene rings is 1. The number of aryl methyl sites for hydroxylation is 1. The lowest BCUT2D eigenvalue weighted by Crippen LogP contribution is -2.52. The van der Waals surface area contributed by atoms with Gasteiger partial charge in [-0.2, -0.15) is 0 Å². The summed E-state index contributed by atoms with van der Waals surface area (Å²) >= 11 is 1.61. The van der Waals surface area contributed by atoms with Gasteiger partial charge in [-0.25, -0.2) is 4.98 Å². The molecule has 0 bridgehead atoms. The molecule has 2 aromatic rings. The largest absolute Gasteiger partial charge is 0.338 e. The van der Waals surface area contributed by atoms with E-state index < -0.39 is 0 Å². The van der Waals surface area contributed by atoms with Gasteiger partial charge in [-0.05, 0) is 38.2 Å². The molecule has 4 nitrogen and oxygen atoms in total. The molecule has 1 aliphatic heterocycles. The van der Waals surface area contributed by atoms with Crippen LogP contribution in [0.5, 0.6) is 0 Å². The SMILES string of the molecule is CCc1ccc(-c2nc(CC(=O)N3CCCCC3C(C)N)cs2)cc1. The Hall–Kier alpha value is -1.72. The molecule has 134 valence electrons. The van der Waals surface area contributed by atoms with Gasteiger partial charge in [-0.3, -0.25) is 4.79 Å². The lowest BCUT2D eigenvalue weighted by molar-refractivity contribution is -0.134. The van der Waals surface area contributed by atoms with Gasteiger partial charge < -0.3 is 10.6 Å². The number of hydrogen-bond acceptors (Lipinski definition) is 4. The average Bonchev–Trinajstić information content (AvgIpc) is 3.10. The standard InChI is InChI=1S/C20H27N3OS/c1-3-15-7-9-16(10-8-15)20-22-17(13-25-20)12-19(24)23-11-5-4-6-18(23)14(2)21/h7-10,13-14,18H,3-6,11-12,21H2,1-2H3. The van der Waals surface area contributed by atoms with E-state index in [1.165, 1.54) is 5.56 Å². The molecule has 1 fully saturated rings. The molecule has 1 aromatic carbocycles. The van der Waals surface area contributed by atoms with Gasteiger partial charge in [-0.15, -0.1) is 11.3 Å². The third kappa shape index (κ3) is 4.28. The van der Waals surface area contributed by atoms with E-state index in [0.717, 1.165) is 48.5 Å². The zero-order chi connectivity index (χ0) is 17.8. The zero-order valence-electron chi connectivity index (χ0n) is 15.1. The third-order valence-corrected chi connectivity index (χ3v) is 5.91. The van der Waals surface area contributed by atoms with Gasteiger partial charge in [-0.1, -0.05) is 31.2 Å². The van der Waals surface area contributed by atoms with Crippen LogP contribution in [0.1, 0.15) is 44.4 Å². The van der Waals surface area contributed by atoms with Gasteiger partial charge in [0.15, 0.2) is 0 Å². The monoisotopic (exact) mass is 357 g/mol. The zero-order valence-corrected chi connectivity index (χ0v) is 15.9. The van der Waals surface area contributed by atoms with E-state index in [1.54, 1.807) is 11.3 Å². The number of aromatic nitrogens is 1. The first-order valence-electron chi connectivity index (χ1n) is 9.17. The Balaban J connectivity index is 1.68. The number of piperidine rings is 1. The van der Waals surface area contributed by atoms with Crippen molar-refractivity contribution >= 4 is 17.2 Å². The van der Waals surface area contributed by atoms with E-state index in [1.807, 2.05) is 17.2 Å². The van der Waals surface area contributed by atoms with Crippen molar-refractivity contribution in [2.45, 2.75) is 58.0 Å². The Morgan fingerprint density at radius 1 is 1.36 bits per heavy atom. The van der Waals surface area contributed by atoms with E-state index in [4.69, 9.17) is 5.73 Å². The maximum absolute atomic E-state index is 12.7. The summed E-state index contributed by atoms with van der Waals surface area (Å²) < 4.78 is 0. The minimum atomic E-state index is 0.0207. The topological polar surface area (TPSA) is 59.2 Å². The number of nitrogens with two attached hydrogens (primary N) is 1. The molecule has 2 unspecified atom stereocenters. The van der Waals surface area contributed by atoms with Crippen LogP contribution in [0.15, 0.2) is 29.6 Å². The lowest BCUT2D eigenvalue weighted by atomic mass is 9.96. The van der Waals surface area contributed by atoms with Crippen molar-refractivity contribution in [2.75, 3.05) is 6.54 Å². The van der Waals surface area contributed by atoms with E-state index in [0.29, 0.717) is 6.42 Å². The van der Waals surface area contributed by atoms with Crippen LogP contribution in [0.25, 0.3) is 10.6 Å². The molecule has 1 aliphatic rings. The maximum atomic E-state index is 12.7. The van der Waals surface area contributed by atoms with Crippen LogP contribution in [0.3, 0.4) is 0 Å². The molecule has 2 atom stereocenters. The smallest absolute Gasteiger partial charge is 0.228 e. The number of carbonyl (C=O) groups excluding carboxylic acids is 1. The van der Waals surface area contributed by atoms with Gasteiger partial charge in [0.1, 0.15) is 5.01 Å². The summed E-state index contributed by atoms with van der Waals surface area (Å²) in [5, 5.41) is 2.99. The van der Waals surface area contributed by atoms with Crippen molar-refractivity contribution in [2.24, 2.45) is 5.73 Å². The molecular formula is C20H27N3OS. The molecule has 0 aliphatic carbocycles. The summed E-state index contributed by atoms with van der Waals surface area (Å²) in [5.74, 6) is 0.153. The number of carbonyl (C=O) groups is 1. The first kappa shape index (κ1) is 18.1. The summed E-state index contributed by atoms with van der Waals surface area (Å²) in [6.45, 7) is 4.97. The van der Waals surface area contributed by atoms with Gasteiger partial charge in [0.2, 0.25) is 5.91 Å². The summed E-state index contributed by atoms with van der Waals surface area (Å²) in [6, 6.07) is 8.69. The number of amides is 1. The van der Waals surface area contributed by atoms with Crippen LogP contribution in [0.4, 0.5) is 0 Å². The number of rotatable bonds is 5. The summed E-state index contributed by atoms with van der Waals surface area (Å²) in [4.78, 5) is 19.4. The molecule has 2 N–H and O–H groups in total. The van der Waals surface area contributed by atoms with Crippen LogP contribution in [-0.2, 0) is 17.6 Å². The second-order valence-electron chi connectivity index (χ2n) is 6.88. The molecule has 1 saturated heterocycles. The van der Waals surface area contributed by atoms with E-state index in [9.17, 15) is 4.79 Å². The van der Waals surface area contributed by atoms with Crippen molar-refractivity contribution in [3.05, 3.63) is 40.9 Å². The van der Waals surface area contributed by atoms with Gasteiger partial charge in [0.05, 0.1) is 12.1 Å². The summed E-state index contributed by atoms with van der Waals surface area (Å²) in [5.41, 5.74) is 9.38. The molecule has 2 heterocycles. The Morgan fingerprint density at radius 2 is 2.12 bits per heavy atom. The Morgan fingerprint density at radius 3 is 2.80 bits per heavy atom. The quantitative estimate of drug-likeness (QED) is 0.889. The van der Waals surface area contributed by atoms with Crippen LogP contribution in [0, 0.1) is 0 Å². The first-order valence-corrected chi connectivity index (χ1v) is 10.0. The van der Waals surface area contributed by atoms with Crippen LogP contribution in [0.2, 0.25) is 0 Å². The molecule has 1 aromatic heterocycles. The number of hydrogen-bond donors (Lipinski definition) is 1. The molecular weight excluding hydrogens is 330 g/mol. The predicted molar refractivity (Wildman–Crippen MR) is 104 cm³/mol. The van der Waals surface area contributed by atoms with Crippen molar-refractivity contribution in [1.82, 2.24) is 9.88 Å². The average molecular weight is 358 g/mol. The van der Waals surface area contributed by atoms with E-state index in [-0.39, 0.29) is 18.0 Å². The van der Waals surface area contributed by atoms with E-state index in [2.05, 4.69) is 36.2 Å². The number of nitrogens with zero attached hydrogens (tertiary/aromatic N) is 2. The molecule has 0 radical (unpaired) electrons. The number of thiazole rings is 1. The fourth-order valence-electron chi connectivity index (χ4n) is 3.47. The second kappa shape index (κ2) is 8.11. The number of likely N-dealkylation sites (tertiary alicyclic amines) is 1. The van der Waals surface area contributed by atoms with Crippen LogP contribution in [-0.4, -0.2) is 34.4 Å². The highest BCUT2D eigenvalue weighted by molar-refractivity contribution is 7.13. The highest BCUT2D eigenvalue weighted by Gasteiger charge is 2.29. The predicted octanol–water partition coefficient (Wildman–Crippen LogP) is 3.64. The van der Waals surface area contributed by atoms with Gasteiger partial charge >= 0.3 is 0 Å². The fraction of sp³-hybridized carbons (Fsp3) is 0.500. The molecule has 1 amide bonds. The Kier molecular flexibility index (Phi) is 5.86. The highest BCUT2D eigenvalue weighted by atomic mass is 32.1. The lowest BCUT2D eigenvalue weighted by Gasteiger charge is -2.38. The Labute approximate surface area is 154 Å². The third-order valence-electron chi connectivity index (χ3n) is 4.97. The molecule has 5 heteroatoms. The maximum Gasteiger partial charge on any atom is 0.228 e. The van der Waals surface area contributed by atoms with E-state index >= 15 is 0 Å².